The van der Waals surface area contributed by atoms with E-state index in [0.29, 0.717) is 18.0 Å². The molecule has 0 aromatic heterocycles. The van der Waals surface area contributed by atoms with Crippen molar-refractivity contribution in [2.75, 3.05) is 26.3 Å². The summed E-state index contributed by atoms with van der Waals surface area (Å²) < 4.78 is 16.7. The highest BCUT2D eigenvalue weighted by Crippen LogP contribution is 2.41. The SMILES string of the molecule is CC1(C)Cc2cccc(OCC(=O)N3CCO[C@H](C(=O)O)C3)c2O1. The summed E-state index contributed by atoms with van der Waals surface area (Å²) >= 11 is 0. The first kappa shape index (κ1) is 16.6. The molecule has 0 bridgehead atoms. The molecular weight excluding hydrogens is 314 g/mol. The van der Waals surface area contributed by atoms with Crippen LogP contribution < -0.4 is 9.47 Å². The largest absolute Gasteiger partial charge is 0.483 e. The van der Waals surface area contributed by atoms with E-state index in [1.54, 1.807) is 6.07 Å². The van der Waals surface area contributed by atoms with E-state index in [9.17, 15) is 9.59 Å². The van der Waals surface area contributed by atoms with Gasteiger partial charge in [-0.25, -0.2) is 4.79 Å². The molecule has 0 spiro atoms. The third-order valence-corrected chi connectivity index (χ3v) is 4.10. The predicted molar refractivity (Wildman–Crippen MR) is 84.3 cm³/mol. The maximum atomic E-state index is 12.3. The molecular formula is C17H21NO6. The van der Waals surface area contributed by atoms with Crippen molar-refractivity contribution in [3.8, 4) is 11.5 Å². The highest BCUT2D eigenvalue weighted by molar-refractivity contribution is 5.80. The maximum Gasteiger partial charge on any atom is 0.334 e. The van der Waals surface area contributed by atoms with Gasteiger partial charge in [-0.1, -0.05) is 12.1 Å². The summed E-state index contributed by atoms with van der Waals surface area (Å²) in [6, 6.07) is 5.63. The molecule has 7 nitrogen and oxygen atoms in total. The lowest BCUT2D eigenvalue weighted by Gasteiger charge is -2.30. The smallest absolute Gasteiger partial charge is 0.334 e. The molecule has 1 amide bonds. The van der Waals surface area contributed by atoms with Gasteiger partial charge in [0.25, 0.3) is 5.91 Å². The van der Waals surface area contributed by atoms with Gasteiger partial charge >= 0.3 is 5.97 Å². The Morgan fingerprint density at radius 2 is 2.21 bits per heavy atom. The average Bonchev–Trinajstić information content (AvgIpc) is 2.87. The van der Waals surface area contributed by atoms with Crippen molar-refractivity contribution in [3.63, 3.8) is 0 Å². The Bertz CT molecular complexity index is 656. The van der Waals surface area contributed by atoms with Gasteiger partial charge in [-0.15, -0.1) is 0 Å². The van der Waals surface area contributed by atoms with E-state index in [-0.39, 0.29) is 31.3 Å². The number of carboxylic acids is 1. The third kappa shape index (κ3) is 3.46. The van der Waals surface area contributed by atoms with Gasteiger partial charge in [-0.2, -0.15) is 0 Å². The second-order valence-electron chi connectivity index (χ2n) is 6.61. The lowest BCUT2D eigenvalue weighted by Crippen LogP contribution is -2.49. The molecule has 1 atom stereocenters. The number of benzene rings is 1. The number of hydrogen-bond acceptors (Lipinski definition) is 5. The van der Waals surface area contributed by atoms with Gasteiger partial charge in [0.1, 0.15) is 5.60 Å². The molecule has 0 unspecified atom stereocenters. The fourth-order valence-corrected chi connectivity index (χ4v) is 2.96. The summed E-state index contributed by atoms with van der Waals surface area (Å²) in [5.41, 5.74) is 0.771. The van der Waals surface area contributed by atoms with Crippen LogP contribution in [-0.2, 0) is 20.7 Å². The number of aliphatic carboxylic acids is 1. The molecule has 1 N–H and O–H groups in total. The van der Waals surface area contributed by atoms with E-state index in [0.717, 1.165) is 12.0 Å². The van der Waals surface area contributed by atoms with Crippen molar-refractivity contribution < 1.29 is 28.9 Å². The number of ether oxygens (including phenoxy) is 3. The van der Waals surface area contributed by atoms with Crippen molar-refractivity contribution >= 4 is 11.9 Å². The highest BCUT2D eigenvalue weighted by atomic mass is 16.5. The van der Waals surface area contributed by atoms with Crippen molar-refractivity contribution in [2.24, 2.45) is 0 Å². The topological polar surface area (TPSA) is 85.3 Å². The number of nitrogens with zero attached hydrogens (tertiary/aromatic N) is 1. The van der Waals surface area contributed by atoms with Gasteiger partial charge in [0.2, 0.25) is 0 Å². The van der Waals surface area contributed by atoms with Crippen LogP contribution >= 0.6 is 0 Å². The van der Waals surface area contributed by atoms with E-state index in [4.69, 9.17) is 19.3 Å². The third-order valence-electron chi connectivity index (χ3n) is 4.10. The van der Waals surface area contributed by atoms with Crippen LogP contribution in [-0.4, -0.2) is 59.9 Å². The van der Waals surface area contributed by atoms with Crippen LogP contribution in [0.5, 0.6) is 11.5 Å². The molecule has 0 aliphatic carbocycles. The zero-order valence-electron chi connectivity index (χ0n) is 13.8. The van der Waals surface area contributed by atoms with E-state index in [1.165, 1.54) is 4.90 Å². The number of carbonyl (C=O) groups is 2. The minimum atomic E-state index is -1.06. The lowest BCUT2D eigenvalue weighted by molar-refractivity contribution is -0.159. The van der Waals surface area contributed by atoms with Crippen molar-refractivity contribution in [3.05, 3.63) is 23.8 Å². The molecule has 3 rings (SSSR count). The average molecular weight is 335 g/mol. The summed E-state index contributed by atoms with van der Waals surface area (Å²) in [7, 11) is 0. The van der Waals surface area contributed by atoms with Crippen LogP contribution in [0.15, 0.2) is 18.2 Å². The van der Waals surface area contributed by atoms with Gasteiger partial charge < -0.3 is 24.2 Å². The van der Waals surface area contributed by atoms with Crippen LogP contribution in [0.25, 0.3) is 0 Å². The molecule has 24 heavy (non-hydrogen) atoms. The number of carboxylic acid groups (broad SMARTS) is 1. The first-order valence-corrected chi connectivity index (χ1v) is 7.91. The van der Waals surface area contributed by atoms with E-state index >= 15 is 0 Å². The van der Waals surface area contributed by atoms with Crippen LogP contribution in [0.4, 0.5) is 0 Å². The fourth-order valence-electron chi connectivity index (χ4n) is 2.96. The van der Waals surface area contributed by atoms with E-state index in [1.807, 2.05) is 26.0 Å². The quantitative estimate of drug-likeness (QED) is 0.887. The highest BCUT2D eigenvalue weighted by Gasteiger charge is 2.33. The molecule has 130 valence electrons. The first-order chi connectivity index (χ1) is 11.4. The summed E-state index contributed by atoms with van der Waals surface area (Å²) in [6.07, 6.45) is -0.190. The molecule has 7 heteroatoms. The molecule has 0 radical (unpaired) electrons. The minimum Gasteiger partial charge on any atom is -0.483 e. The molecule has 1 saturated heterocycles. The number of carbonyl (C=O) groups excluding carboxylic acids is 1. The Kier molecular flexibility index (Phi) is 4.36. The fraction of sp³-hybridized carbons (Fsp3) is 0.529. The van der Waals surface area contributed by atoms with Crippen LogP contribution in [0.2, 0.25) is 0 Å². The number of hydrogen-bond donors (Lipinski definition) is 1. The Morgan fingerprint density at radius 3 is 2.96 bits per heavy atom. The van der Waals surface area contributed by atoms with Crippen molar-refractivity contribution in [2.45, 2.75) is 32.0 Å². The zero-order chi connectivity index (χ0) is 17.3. The number of rotatable bonds is 4. The lowest BCUT2D eigenvalue weighted by atomic mass is 10.0. The molecule has 2 aliphatic rings. The molecule has 1 fully saturated rings. The Hall–Kier alpha value is -2.28. The molecule has 0 saturated carbocycles. The number of para-hydroxylation sites is 1. The maximum absolute atomic E-state index is 12.3. The van der Waals surface area contributed by atoms with Gasteiger partial charge in [0, 0.05) is 18.5 Å². The normalized spacial score (nSPS) is 21.8. The standard InChI is InChI=1S/C17H21NO6/c1-17(2)8-11-4-3-5-12(15(11)24-17)23-10-14(19)18-6-7-22-13(9-18)16(20)21/h3-5,13H,6-10H2,1-2H3,(H,20,21)/t13-/m0/s1. The van der Waals surface area contributed by atoms with Crippen LogP contribution in [0.1, 0.15) is 19.4 Å². The zero-order valence-corrected chi connectivity index (χ0v) is 13.8. The second kappa shape index (κ2) is 6.32. The Balaban J connectivity index is 1.62. The Labute approximate surface area is 140 Å². The van der Waals surface area contributed by atoms with Gasteiger partial charge in [-0.05, 0) is 19.9 Å². The summed E-state index contributed by atoms with van der Waals surface area (Å²) in [5, 5.41) is 8.99. The van der Waals surface area contributed by atoms with Crippen LogP contribution in [0.3, 0.4) is 0 Å². The molecule has 2 aliphatic heterocycles. The van der Waals surface area contributed by atoms with E-state index < -0.39 is 12.1 Å². The number of amides is 1. The van der Waals surface area contributed by atoms with Gasteiger partial charge in [0.15, 0.2) is 24.2 Å². The molecule has 1 aromatic carbocycles. The number of morpholine rings is 1. The van der Waals surface area contributed by atoms with Crippen molar-refractivity contribution in [1.82, 2.24) is 4.90 Å². The monoisotopic (exact) mass is 335 g/mol. The van der Waals surface area contributed by atoms with Gasteiger partial charge in [0.05, 0.1) is 13.2 Å². The van der Waals surface area contributed by atoms with E-state index in [2.05, 4.69) is 0 Å². The summed E-state index contributed by atoms with van der Waals surface area (Å²) in [4.78, 5) is 24.7. The number of fused-ring (bicyclic) bond motifs is 1. The molecule has 1 aromatic rings. The summed E-state index contributed by atoms with van der Waals surface area (Å²) in [6.45, 7) is 4.45. The van der Waals surface area contributed by atoms with Crippen molar-refractivity contribution in [1.29, 1.82) is 0 Å². The first-order valence-electron chi connectivity index (χ1n) is 7.91. The second-order valence-corrected chi connectivity index (χ2v) is 6.61. The van der Waals surface area contributed by atoms with Gasteiger partial charge in [-0.3, -0.25) is 4.79 Å². The van der Waals surface area contributed by atoms with Crippen LogP contribution in [0, 0.1) is 0 Å². The minimum absolute atomic E-state index is 0.0357. The predicted octanol–water partition coefficient (Wildman–Crippen LogP) is 1.09. The Morgan fingerprint density at radius 1 is 1.42 bits per heavy atom. The molecule has 2 heterocycles. The summed E-state index contributed by atoms with van der Waals surface area (Å²) in [5.74, 6) is -0.112.